The zero-order valence-electron chi connectivity index (χ0n) is 13.8. The fraction of sp³-hybridized carbons (Fsp3) is 0.400. The van der Waals surface area contributed by atoms with E-state index in [-0.39, 0.29) is 24.1 Å². The minimum atomic E-state index is -0.999. The van der Waals surface area contributed by atoms with Crippen molar-refractivity contribution in [2.24, 2.45) is 0 Å². The van der Waals surface area contributed by atoms with Crippen LogP contribution in [0.1, 0.15) is 27.0 Å². The predicted molar refractivity (Wildman–Crippen MR) is 83.2 cm³/mol. The molecule has 134 valence electrons. The molecule has 0 bridgehead atoms. The molecule has 0 unspecified atom stereocenters. The second-order valence-corrected chi connectivity index (χ2v) is 5.18. The molecule has 1 N–H and O–H groups in total. The van der Waals surface area contributed by atoms with Gasteiger partial charge in [0.25, 0.3) is 0 Å². The average Bonchev–Trinajstić information content (AvgIpc) is 2.86. The molecule has 2 rings (SSSR count). The molecule has 1 aromatic heterocycles. The first-order chi connectivity index (χ1) is 11.8. The van der Waals surface area contributed by atoms with Crippen LogP contribution in [0.25, 0.3) is 0 Å². The lowest BCUT2D eigenvalue weighted by molar-refractivity contribution is -0.150. The van der Waals surface area contributed by atoms with Gasteiger partial charge in [-0.25, -0.2) is 4.79 Å². The molecule has 1 aliphatic heterocycles. The van der Waals surface area contributed by atoms with Crippen LogP contribution in [0.3, 0.4) is 0 Å². The van der Waals surface area contributed by atoms with Crippen molar-refractivity contribution in [3.05, 3.63) is 34.6 Å². The first kappa shape index (κ1) is 18.2. The fourth-order valence-electron chi connectivity index (χ4n) is 2.14. The minimum absolute atomic E-state index is 0.0869. The molecule has 2 atom stereocenters. The van der Waals surface area contributed by atoms with E-state index in [1.807, 2.05) is 0 Å². The highest BCUT2D eigenvalue weighted by molar-refractivity contribution is 5.87. The number of amides is 1. The molecule has 0 aromatic carbocycles. The third kappa shape index (κ3) is 4.90. The number of nitrogens with one attached hydrogen (secondary N) is 1. The van der Waals surface area contributed by atoms with Gasteiger partial charge in [0.1, 0.15) is 18.2 Å². The molecular weight excluding hydrogens is 334 g/mol. The van der Waals surface area contributed by atoms with Gasteiger partial charge in [-0.1, -0.05) is 0 Å². The van der Waals surface area contributed by atoms with E-state index in [1.54, 1.807) is 0 Å². The lowest BCUT2D eigenvalue weighted by Gasteiger charge is -2.21. The van der Waals surface area contributed by atoms with E-state index >= 15 is 0 Å². The van der Waals surface area contributed by atoms with Crippen LogP contribution < -0.4 is 11.0 Å². The van der Waals surface area contributed by atoms with Crippen LogP contribution in [0.5, 0.6) is 0 Å². The Morgan fingerprint density at radius 1 is 1.28 bits per heavy atom. The smallest absolute Gasteiger partial charge is 0.352 e. The molecule has 0 saturated heterocycles. The average molecular weight is 351 g/mol. The third-order valence-corrected chi connectivity index (χ3v) is 3.03. The van der Waals surface area contributed by atoms with Crippen molar-refractivity contribution in [2.45, 2.75) is 33.1 Å². The van der Waals surface area contributed by atoms with Crippen molar-refractivity contribution in [1.82, 2.24) is 9.55 Å². The van der Waals surface area contributed by atoms with Crippen LogP contribution in [0.4, 0.5) is 5.82 Å². The molecule has 1 amide bonds. The molecule has 0 spiro atoms. The Morgan fingerprint density at radius 2 is 2.00 bits per heavy atom. The number of hydrogen-bond donors (Lipinski definition) is 1. The van der Waals surface area contributed by atoms with E-state index in [9.17, 15) is 19.2 Å². The molecule has 2 heterocycles. The number of carbonyl (C=O) groups is 3. The Hall–Kier alpha value is -3.17. The van der Waals surface area contributed by atoms with E-state index < -0.39 is 30.0 Å². The number of aromatic nitrogens is 2. The first-order valence-corrected chi connectivity index (χ1v) is 7.31. The quantitative estimate of drug-likeness (QED) is 0.741. The molecule has 0 aliphatic carbocycles. The summed E-state index contributed by atoms with van der Waals surface area (Å²) in [6.45, 7) is 3.59. The van der Waals surface area contributed by atoms with Gasteiger partial charge >= 0.3 is 17.6 Å². The molecule has 1 aliphatic rings. The van der Waals surface area contributed by atoms with Crippen molar-refractivity contribution >= 4 is 23.7 Å². The molecule has 0 radical (unpaired) electrons. The van der Waals surface area contributed by atoms with Crippen molar-refractivity contribution in [3.8, 4) is 0 Å². The Balaban J connectivity index is 2.23. The maximum absolute atomic E-state index is 12.2. The molecule has 10 heteroatoms. The van der Waals surface area contributed by atoms with Gasteiger partial charge in [0.15, 0.2) is 6.10 Å². The van der Waals surface area contributed by atoms with Crippen LogP contribution >= 0.6 is 0 Å². The highest BCUT2D eigenvalue weighted by Crippen LogP contribution is 2.28. The van der Waals surface area contributed by atoms with Crippen molar-refractivity contribution in [2.75, 3.05) is 11.9 Å². The van der Waals surface area contributed by atoms with Crippen LogP contribution in [0.2, 0.25) is 0 Å². The van der Waals surface area contributed by atoms with E-state index in [0.717, 1.165) is 4.57 Å². The topological polar surface area (TPSA) is 126 Å². The van der Waals surface area contributed by atoms with Gasteiger partial charge in [-0.3, -0.25) is 19.0 Å². The predicted octanol–water partition coefficient (Wildman–Crippen LogP) is 0.109. The number of nitrogens with zero attached hydrogens (tertiary/aromatic N) is 2. The summed E-state index contributed by atoms with van der Waals surface area (Å²) in [6, 6.07) is 1.40. The number of rotatable bonds is 5. The van der Waals surface area contributed by atoms with Crippen LogP contribution in [-0.4, -0.2) is 40.1 Å². The Kier molecular flexibility index (Phi) is 5.52. The number of carbonyl (C=O) groups excluding carboxylic acids is 3. The van der Waals surface area contributed by atoms with Crippen LogP contribution in [-0.2, 0) is 28.6 Å². The van der Waals surface area contributed by atoms with Crippen LogP contribution in [0.15, 0.2) is 28.9 Å². The normalized spacial score (nSPS) is 18.8. The van der Waals surface area contributed by atoms with Crippen molar-refractivity contribution in [3.63, 3.8) is 0 Å². The van der Waals surface area contributed by atoms with Gasteiger partial charge in [0.2, 0.25) is 12.1 Å². The maximum Gasteiger partial charge on any atom is 0.352 e. The summed E-state index contributed by atoms with van der Waals surface area (Å²) in [5.74, 6) is -1.12. The largest absolute Gasteiger partial charge is 0.467 e. The summed E-state index contributed by atoms with van der Waals surface area (Å²) in [6.07, 6.45) is 0.906. The summed E-state index contributed by atoms with van der Waals surface area (Å²) in [5, 5.41) is 2.39. The zero-order valence-corrected chi connectivity index (χ0v) is 13.8. The minimum Gasteiger partial charge on any atom is -0.467 e. The Bertz CT molecular complexity index is 784. The molecule has 1 aromatic rings. The maximum atomic E-state index is 12.2. The van der Waals surface area contributed by atoms with Crippen molar-refractivity contribution < 1.29 is 28.6 Å². The summed E-state index contributed by atoms with van der Waals surface area (Å²) >= 11 is 0. The van der Waals surface area contributed by atoms with Gasteiger partial charge < -0.3 is 19.5 Å². The summed E-state index contributed by atoms with van der Waals surface area (Å²) in [4.78, 5) is 49.1. The molecule has 25 heavy (non-hydrogen) atoms. The summed E-state index contributed by atoms with van der Waals surface area (Å²) in [7, 11) is 0. The number of ether oxygens (including phenoxy) is 3. The second kappa shape index (κ2) is 7.60. The van der Waals surface area contributed by atoms with E-state index in [2.05, 4.69) is 10.3 Å². The van der Waals surface area contributed by atoms with Crippen LogP contribution in [0, 0.1) is 0 Å². The van der Waals surface area contributed by atoms with E-state index in [1.165, 1.54) is 39.1 Å². The molecule has 10 nitrogen and oxygen atoms in total. The van der Waals surface area contributed by atoms with E-state index in [0.29, 0.717) is 0 Å². The van der Waals surface area contributed by atoms with Crippen molar-refractivity contribution in [1.29, 1.82) is 0 Å². The standard InChI is InChI=1S/C15H17N3O7/c1-8(19)16-13-4-5-18(15(22)17-13)14-12(24-10(3)21)6-11(25-14)7-23-9(2)20/h4-6,12,14H,7H2,1-3H3,(H,16,17,19,22)/t12-,14-/m1/s1. The third-order valence-electron chi connectivity index (χ3n) is 3.03. The second-order valence-electron chi connectivity index (χ2n) is 5.18. The SMILES string of the molecule is CC(=O)Nc1ccn([C@@H]2OC(COC(C)=O)=C[C@H]2OC(C)=O)c(=O)n1. The Morgan fingerprint density at radius 3 is 2.56 bits per heavy atom. The monoisotopic (exact) mass is 351 g/mol. The highest BCUT2D eigenvalue weighted by Gasteiger charge is 2.34. The summed E-state index contributed by atoms with van der Waals surface area (Å²) < 4.78 is 16.6. The molecular formula is C15H17N3O7. The zero-order chi connectivity index (χ0) is 18.6. The fourth-order valence-corrected chi connectivity index (χ4v) is 2.14. The number of esters is 2. The van der Waals surface area contributed by atoms with Gasteiger partial charge in [0, 0.05) is 33.0 Å². The number of anilines is 1. The first-order valence-electron chi connectivity index (χ1n) is 7.31. The lowest BCUT2D eigenvalue weighted by atomic mass is 10.3. The van der Waals surface area contributed by atoms with Gasteiger partial charge in [-0.05, 0) is 6.07 Å². The van der Waals surface area contributed by atoms with Gasteiger partial charge in [-0.15, -0.1) is 0 Å². The molecule has 0 saturated carbocycles. The lowest BCUT2D eigenvalue weighted by Crippen LogP contribution is -2.34. The van der Waals surface area contributed by atoms with Gasteiger partial charge in [0.05, 0.1) is 0 Å². The molecule has 0 fully saturated rings. The highest BCUT2D eigenvalue weighted by atomic mass is 16.6. The number of hydrogen-bond acceptors (Lipinski definition) is 8. The Labute approximate surface area is 142 Å². The van der Waals surface area contributed by atoms with E-state index in [4.69, 9.17) is 14.2 Å². The summed E-state index contributed by atoms with van der Waals surface area (Å²) in [5.41, 5.74) is -0.712. The van der Waals surface area contributed by atoms with Gasteiger partial charge in [-0.2, -0.15) is 4.98 Å².